The normalized spacial score (nSPS) is 11.7. The summed E-state index contributed by atoms with van der Waals surface area (Å²) >= 11 is 1.41. The Bertz CT molecular complexity index is 1700. The van der Waals surface area contributed by atoms with E-state index in [1.807, 2.05) is 78.9 Å². The second-order valence-corrected chi connectivity index (χ2v) is 10.6. The van der Waals surface area contributed by atoms with Gasteiger partial charge in [0.15, 0.2) is 0 Å². The maximum atomic E-state index is 13.3. The molecule has 3 N–H and O–H groups in total. The van der Waals surface area contributed by atoms with Crippen molar-refractivity contribution in [3.8, 4) is 0 Å². The number of thioether (sulfide) groups is 1. The Labute approximate surface area is 254 Å². The molecule has 3 amide bonds. The van der Waals surface area contributed by atoms with Gasteiger partial charge in [-0.1, -0.05) is 72.8 Å². The van der Waals surface area contributed by atoms with Crippen LogP contribution in [0.25, 0.3) is 6.08 Å². The molecule has 5 aromatic rings. The average molecular weight is 585 g/mol. The number of carbonyl (C=O) groups is 3. The zero-order valence-corrected chi connectivity index (χ0v) is 23.8. The summed E-state index contributed by atoms with van der Waals surface area (Å²) in [5.41, 5.74) is 3.29. The summed E-state index contributed by atoms with van der Waals surface area (Å²) in [5, 5.41) is 8.08. The van der Waals surface area contributed by atoms with Gasteiger partial charge in [0, 0.05) is 34.2 Å². The van der Waals surface area contributed by atoms with Gasteiger partial charge in [-0.05, 0) is 71.8 Å². The Morgan fingerprint density at radius 3 is 1.95 bits per heavy atom. The minimum Gasteiger partial charge on any atom is -0.325 e. The van der Waals surface area contributed by atoms with Gasteiger partial charge in [-0.15, -0.1) is 11.8 Å². The Kier molecular flexibility index (Phi) is 9.74. The van der Waals surface area contributed by atoms with E-state index < -0.39 is 17.1 Å². The van der Waals surface area contributed by atoms with Gasteiger partial charge < -0.3 is 16.0 Å². The number of pyridine rings is 1. The van der Waals surface area contributed by atoms with Crippen LogP contribution in [-0.4, -0.2) is 22.7 Å². The van der Waals surface area contributed by atoms with Gasteiger partial charge in [-0.3, -0.25) is 19.4 Å². The number of hydrogen-bond donors (Lipinski definition) is 3. The molecule has 0 aliphatic rings. The molecule has 1 atom stereocenters. The summed E-state index contributed by atoms with van der Waals surface area (Å²) in [6, 6.07) is 38.4. The van der Waals surface area contributed by atoms with Crippen molar-refractivity contribution in [2.75, 3.05) is 10.6 Å². The summed E-state index contributed by atoms with van der Waals surface area (Å²) < 4.78 is 0. The molecule has 0 bridgehead atoms. The molecule has 0 saturated heterocycles. The third kappa shape index (κ3) is 8.28. The van der Waals surface area contributed by atoms with E-state index in [2.05, 4.69) is 20.9 Å². The van der Waals surface area contributed by atoms with E-state index in [1.165, 1.54) is 11.8 Å². The number of para-hydroxylation sites is 1. The largest absolute Gasteiger partial charge is 0.325 e. The van der Waals surface area contributed by atoms with Gasteiger partial charge in [0.2, 0.25) is 5.91 Å². The second kappa shape index (κ2) is 14.4. The molecular weight excluding hydrogens is 556 g/mol. The molecule has 0 aliphatic heterocycles. The van der Waals surface area contributed by atoms with Crippen molar-refractivity contribution in [1.82, 2.24) is 10.3 Å². The standard InChI is InChI=1S/C35H28N4O3S/c40-33(27-14-6-2-7-15-27)39-31(23-25-11-10-22-36-24-25)34(41)37-29-18-20-30(21-19-29)43-32(26-12-4-1-5-13-26)35(42)38-28-16-8-3-9-17-28/h1-24,32H,(H,37,41)(H,38,42)(H,39,40)/b31-23-. The molecule has 43 heavy (non-hydrogen) atoms. The van der Waals surface area contributed by atoms with Crippen molar-refractivity contribution < 1.29 is 14.4 Å². The maximum absolute atomic E-state index is 13.3. The topological polar surface area (TPSA) is 100 Å². The number of carbonyl (C=O) groups excluding carboxylic acids is 3. The van der Waals surface area contributed by atoms with Crippen LogP contribution in [0, 0.1) is 0 Å². The van der Waals surface area contributed by atoms with E-state index in [9.17, 15) is 14.4 Å². The predicted octanol–water partition coefficient (Wildman–Crippen LogP) is 6.96. The minimum atomic E-state index is -0.496. The molecular formula is C35H28N4O3S. The number of rotatable bonds is 10. The maximum Gasteiger partial charge on any atom is 0.272 e. The van der Waals surface area contributed by atoms with Gasteiger partial charge >= 0.3 is 0 Å². The van der Waals surface area contributed by atoms with E-state index in [0.29, 0.717) is 16.8 Å². The number of anilines is 2. The van der Waals surface area contributed by atoms with Crippen LogP contribution in [0.3, 0.4) is 0 Å². The van der Waals surface area contributed by atoms with Crippen LogP contribution < -0.4 is 16.0 Å². The summed E-state index contributed by atoms with van der Waals surface area (Å²) in [6.07, 6.45) is 4.81. The molecule has 0 spiro atoms. The Morgan fingerprint density at radius 2 is 1.30 bits per heavy atom. The zero-order valence-electron chi connectivity index (χ0n) is 23.0. The van der Waals surface area contributed by atoms with Crippen molar-refractivity contribution >= 4 is 46.9 Å². The molecule has 0 aliphatic carbocycles. The van der Waals surface area contributed by atoms with Crippen LogP contribution in [0.4, 0.5) is 11.4 Å². The number of amides is 3. The monoisotopic (exact) mass is 584 g/mol. The average Bonchev–Trinajstić information content (AvgIpc) is 3.05. The summed E-state index contributed by atoms with van der Waals surface area (Å²) in [6.45, 7) is 0. The lowest BCUT2D eigenvalue weighted by Crippen LogP contribution is -2.30. The van der Waals surface area contributed by atoms with Crippen LogP contribution in [0.15, 0.2) is 150 Å². The quantitative estimate of drug-likeness (QED) is 0.122. The lowest BCUT2D eigenvalue weighted by Gasteiger charge is -2.17. The van der Waals surface area contributed by atoms with Gasteiger partial charge in [0.25, 0.3) is 11.8 Å². The predicted molar refractivity (Wildman–Crippen MR) is 171 cm³/mol. The molecule has 212 valence electrons. The van der Waals surface area contributed by atoms with Crippen molar-refractivity contribution in [2.24, 2.45) is 0 Å². The third-order valence-electron chi connectivity index (χ3n) is 6.27. The minimum absolute atomic E-state index is 0.0713. The second-order valence-electron chi connectivity index (χ2n) is 9.41. The first kappa shape index (κ1) is 29.0. The van der Waals surface area contributed by atoms with Crippen LogP contribution in [0.1, 0.15) is 26.7 Å². The van der Waals surface area contributed by atoms with Crippen molar-refractivity contribution in [1.29, 1.82) is 0 Å². The highest BCUT2D eigenvalue weighted by Crippen LogP contribution is 2.36. The molecule has 5 rings (SSSR count). The number of aromatic nitrogens is 1. The molecule has 1 unspecified atom stereocenters. The van der Waals surface area contributed by atoms with Crippen LogP contribution in [-0.2, 0) is 9.59 Å². The first-order valence-electron chi connectivity index (χ1n) is 13.5. The summed E-state index contributed by atoms with van der Waals surface area (Å²) in [7, 11) is 0. The molecule has 7 nitrogen and oxygen atoms in total. The van der Waals surface area contributed by atoms with Crippen LogP contribution >= 0.6 is 11.8 Å². The first-order chi connectivity index (χ1) is 21.0. The lowest BCUT2D eigenvalue weighted by molar-refractivity contribution is -0.116. The van der Waals surface area contributed by atoms with Gasteiger partial charge in [-0.2, -0.15) is 0 Å². The Balaban J connectivity index is 1.31. The third-order valence-corrected chi connectivity index (χ3v) is 7.54. The molecule has 8 heteroatoms. The molecule has 0 fully saturated rings. The SMILES string of the molecule is O=C(Nc1ccc(SC(C(=O)Nc2ccccc2)c2ccccc2)cc1)/C(=C/c1cccnc1)NC(=O)c1ccccc1. The molecule has 0 saturated carbocycles. The smallest absolute Gasteiger partial charge is 0.272 e. The zero-order chi connectivity index (χ0) is 29.9. The summed E-state index contributed by atoms with van der Waals surface area (Å²) in [5.74, 6) is -1.03. The molecule has 4 aromatic carbocycles. The fourth-order valence-corrected chi connectivity index (χ4v) is 5.18. The Morgan fingerprint density at radius 1 is 0.674 bits per heavy atom. The number of nitrogens with zero attached hydrogens (tertiary/aromatic N) is 1. The number of benzene rings is 4. The van der Waals surface area contributed by atoms with Gasteiger partial charge in [-0.25, -0.2) is 0 Å². The van der Waals surface area contributed by atoms with E-state index in [1.54, 1.807) is 67.0 Å². The molecule has 1 heterocycles. The highest BCUT2D eigenvalue weighted by atomic mass is 32.2. The van der Waals surface area contributed by atoms with Gasteiger partial charge in [0.1, 0.15) is 10.9 Å². The van der Waals surface area contributed by atoms with E-state index in [0.717, 1.165) is 16.1 Å². The summed E-state index contributed by atoms with van der Waals surface area (Å²) in [4.78, 5) is 44.4. The van der Waals surface area contributed by atoms with Crippen molar-refractivity contribution in [2.45, 2.75) is 10.1 Å². The van der Waals surface area contributed by atoms with E-state index >= 15 is 0 Å². The van der Waals surface area contributed by atoms with Gasteiger partial charge in [0.05, 0.1) is 0 Å². The van der Waals surface area contributed by atoms with Crippen molar-refractivity contribution in [3.05, 3.63) is 162 Å². The fourth-order valence-electron chi connectivity index (χ4n) is 4.15. The Hall–Kier alpha value is -5.47. The van der Waals surface area contributed by atoms with E-state index in [-0.39, 0.29) is 11.6 Å². The van der Waals surface area contributed by atoms with E-state index in [4.69, 9.17) is 0 Å². The van der Waals surface area contributed by atoms with Crippen LogP contribution in [0.5, 0.6) is 0 Å². The first-order valence-corrected chi connectivity index (χ1v) is 14.4. The van der Waals surface area contributed by atoms with Crippen molar-refractivity contribution in [3.63, 3.8) is 0 Å². The molecule has 0 radical (unpaired) electrons. The number of nitrogens with one attached hydrogen (secondary N) is 3. The number of hydrogen-bond acceptors (Lipinski definition) is 5. The highest BCUT2D eigenvalue weighted by Gasteiger charge is 2.22. The lowest BCUT2D eigenvalue weighted by atomic mass is 10.1. The highest BCUT2D eigenvalue weighted by molar-refractivity contribution is 8.00. The fraction of sp³-hybridized carbons (Fsp3) is 0.0286. The van der Waals surface area contributed by atoms with Crippen LogP contribution in [0.2, 0.25) is 0 Å². The molecule has 1 aromatic heterocycles.